The minimum absolute atomic E-state index is 0.119. The average molecular weight is 385 g/mol. The summed E-state index contributed by atoms with van der Waals surface area (Å²) in [4.78, 5) is 45.9. The van der Waals surface area contributed by atoms with Crippen LogP contribution in [0.2, 0.25) is 0 Å². The third kappa shape index (κ3) is 2.98. The van der Waals surface area contributed by atoms with Crippen molar-refractivity contribution < 1.29 is 14.4 Å². The van der Waals surface area contributed by atoms with Gasteiger partial charge in [-0.1, -0.05) is 19.3 Å². The van der Waals surface area contributed by atoms with Crippen LogP contribution in [-0.4, -0.2) is 48.0 Å². The van der Waals surface area contributed by atoms with Crippen LogP contribution in [0.4, 0.5) is 4.79 Å². The Morgan fingerprint density at radius 2 is 2.00 bits per heavy atom. The molecule has 1 saturated heterocycles. The van der Waals surface area contributed by atoms with Gasteiger partial charge >= 0.3 is 6.03 Å². The Morgan fingerprint density at radius 1 is 1.25 bits per heavy atom. The third-order valence-corrected chi connectivity index (χ3v) is 5.70. The van der Waals surface area contributed by atoms with E-state index >= 15 is 0 Å². The number of aromatic nitrogens is 4. The number of rotatable bonds is 4. The molecule has 1 spiro atoms. The molecule has 1 aliphatic heterocycles. The van der Waals surface area contributed by atoms with Crippen LogP contribution in [0.5, 0.6) is 0 Å². The summed E-state index contributed by atoms with van der Waals surface area (Å²) in [6, 6.07) is -0.557. The number of aryl methyl sites for hydroxylation is 2. The van der Waals surface area contributed by atoms with E-state index < -0.39 is 17.5 Å². The van der Waals surface area contributed by atoms with E-state index in [2.05, 4.69) is 25.8 Å². The van der Waals surface area contributed by atoms with E-state index in [1.54, 1.807) is 4.52 Å². The minimum Gasteiger partial charge on any atom is -0.322 e. The topological polar surface area (TPSA) is 122 Å². The average Bonchev–Trinajstić information content (AvgIpc) is 3.21. The van der Waals surface area contributed by atoms with E-state index in [0.717, 1.165) is 41.2 Å². The Bertz CT molecular complexity index is 961. The molecule has 148 valence electrons. The highest BCUT2D eigenvalue weighted by atomic mass is 16.2. The molecule has 0 radical (unpaired) electrons. The highest BCUT2D eigenvalue weighted by molar-refractivity contribution is 6.08. The lowest BCUT2D eigenvalue weighted by Gasteiger charge is -2.30. The smallest absolute Gasteiger partial charge is 0.322 e. The molecule has 2 aromatic heterocycles. The third-order valence-electron chi connectivity index (χ3n) is 5.70. The Morgan fingerprint density at radius 3 is 2.75 bits per heavy atom. The summed E-state index contributed by atoms with van der Waals surface area (Å²) >= 11 is 0. The molecule has 28 heavy (non-hydrogen) atoms. The van der Waals surface area contributed by atoms with Crippen molar-refractivity contribution in [3.05, 3.63) is 23.3 Å². The maximum atomic E-state index is 12.7. The van der Waals surface area contributed by atoms with Crippen LogP contribution in [-0.2, 0) is 16.0 Å². The largest absolute Gasteiger partial charge is 0.344 e. The van der Waals surface area contributed by atoms with Gasteiger partial charge in [0.2, 0.25) is 5.91 Å². The van der Waals surface area contributed by atoms with Crippen LogP contribution >= 0.6 is 0 Å². The van der Waals surface area contributed by atoms with Crippen LogP contribution in [0.25, 0.3) is 5.78 Å². The van der Waals surface area contributed by atoms with E-state index in [4.69, 9.17) is 0 Å². The van der Waals surface area contributed by atoms with Crippen molar-refractivity contribution in [3.63, 3.8) is 0 Å². The second-order valence-corrected chi connectivity index (χ2v) is 7.48. The molecular formula is C18H23N7O3. The second kappa shape index (κ2) is 6.84. The molecule has 1 saturated carbocycles. The lowest BCUT2D eigenvalue weighted by molar-refractivity contribution is -0.139. The van der Waals surface area contributed by atoms with Gasteiger partial charge in [0, 0.05) is 17.8 Å². The molecule has 0 aromatic carbocycles. The fourth-order valence-electron chi connectivity index (χ4n) is 4.15. The summed E-state index contributed by atoms with van der Waals surface area (Å²) in [5, 5.41) is 7.75. The van der Waals surface area contributed by atoms with E-state index in [0.29, 0.717) is 25.0 Å². The van der Waals surface area contributed by atoms with Crippen molar-refractivity contribution in [1.82, 2.24) is 35.3 Å². The van der Waals surface area contributed by atoms with Crippen LogP contribution in [0.15, 0.2) is 6.33 Å². The summed E-state index contributed by atoms with van der Waals surface area (Å²) in [5.41, 5.74) is 4.16. The van der Waals surface area contributed by atoms with E-state index in [9.17, 15) is 14.4 Å². The highest BCUT2D eigenvalue weighted by Crippen LogP contribution is 2.33. The number of carbonyl (C=O) groups excluding carboxylic acids is 3. The monoisotopic (exact) mass is 385 g/mol. The van der Waals surface area contributed by atoms with Gasteiger partial charge < -0.3 is 5.32 Å². The van der Waals surface area contributed by atoms with Crippen LogP contribution < -0.4 is 10.7 Å². The van der Waals surface area contributed by atoms with Gasteiger partial charge in [0.15, 0.2) is 0 Å². The number of hydrogen-bond donors (Lipinski definition) is 2. The zero-order chi connectivity index (χ0) is 19.9. The van der Waals surface area contributed by atoms with Crippen molar-refractivity contribution in [1.29, 1.82) is 0 Å². The van der Waals surface area contributed by atoms with Crippen LogP contribution in [0.3, 0.4) is 0 Å². The summed E-state index contributed by atoms with van der Waals surface area (Å²) in [6.45, 7) is 3.76. The molecule has 3 heterocycles. The van der Waals surface area contributed by atoms with Gasteiger partial charge in [-0.05, 0) is 38.7 Å². The first-order valence-corrected chi connectivity index (χ1v) is 9.53. The molecule has 0 unspecified atom stereocenters. The predicted octanol–water partition coefficient (Wildman–Crippen LogP) is 0.960. The minimum atomic E-state index is -0.849. The predicted molar refractivity (Wildman–Crippen MR) is 97.9 cm³/mol. The number of nitrogens with one attached hydrogen (secondary N) is 2. The fourth-order valence-corrected chi connectivity index (χ4v) is 4.15. The van der Waals surface area contributed by atoms with Gasteiger partial charge in [-0.2, -0.15) is 15.1 Å². The first-order valence-electron chi connectivity index (χ1n) is 9.53. The highest BCUT2D eigenvalue weighted by Gasteiger charge is 2.52. The molecule has 2 N–H and O–H groups in total. The van der Waals surface area contributed by atoms with Crippen LogP contribution in [0, 0.1) is 13.8 Å². The second-order valence-electron chi connectivity index (χ2n) is 7.48. The number of nitrogens with zero attached hydrogens (tertiary/aromatic N) is 5. The standard InChI is InChI=1S/C18H23N7O3/c1-11-13(12(2)24-16(21-11)19-10-20-24)6-7-14(26)23-25-15(27)18(22-17(25)28)8-4-3-5-9-18/h10H,3-9H2,1-2H3,(H,22,28)(H,23,26). The zero-order valence-corrected chi connectivity index (χ0v) is 16.0. The summed E-state index contributed by atoms with van der Waals surface area (Å²) in [5.74, 6) is -0.238. The lowest BCUT2D eigenvalue weighted by atomic mass is 9.82. The molecule has 10 nitrogen and oxygen atoms in total. The van der Waals surface area contributed by atoms with Gasteiger partial charge in [0.05, 0.1) is 0 Å². The molecule has 1 aliphatic carbocycles. The first kappa shape index (κ1) is 18.3. The Kier molecular flexibility index (Phi) is 4.48. The molecule has 0 atom stereocenters. The zero-order valence-electron chi connectivity index (χ0n) is 16.0. The molecule has 0 bridgehead atoms. The Balaban J connectivity index is 1.42. The number of hydrazine groups is 1. The Hall–Kier alpha value is -3.04. The van der Waals surface area contributed by atoms with Crippen LogP contribution in [0.1, 0.15) is 55.5 Å². The van der Waals surface area contributed by atoms with Crippen molar-refractivity contribution in [2.45, 2.75) is 64.3 Å². The molecule has 10 heteroatoms. The summed E-state index contributed by atoms with van der Waals surface area (Å²) in [7, 11) is 0. The van der Waals surface area contributed by atoms with Crippen molar-refractivity contribution in [3.8, 4) is 0 Å². The molecule has 4 rings (SSSR count). The fraction of sp³-hybridized carbons (Fsp3) is 0.556. The molecule has 4 amide bonds. The molecular weight excluding hydrogens is 362 g/mol. The number of carbonyl (C=O) groups is 3. The van der Waals surface area contributed by atoms with Gasteiger partial charge in [0.25, 0.3) is 11.7 Å². The van der Waals surface area contributed by atoms with E-state index in [1.807, 2.05) is 13.8 Å². The SMILES string of the molecule is Cc1nc2ncnn2c(C)c1CCC(=O)NN1C(=O)NC2(CCCCC2)C1=O. The molecule has 2 fully saturated rings. The van der Waals surface area contributed by atoms with Gasteiger partial charge in [-0.25, -0.2) is 14.3 Å². The Labute approximate surface area is 161 Å². The van der Waals surface area contributed by atoms with Crippen molar-refractivity contribution in [2.75, 3.05) is 0 Å². The number of amides is 4. The van der Waals surface area contributed by atoms with E-state index in [-0.39, 0.29) is 12.3 Å². The maximum Gasteiger partial charge on any atom is 0.344 e. The normalized spacial score (nSPS) is 18.7. The van der Waals surface area contributed by atoms with E-state index in [1.165, 1.54) is 6.33 Å². The quantitative estimate of drug-likeness (QED) is 0.756. The maximum absolute atomic E-state index is 12.7. The number of urea groups is 1. The lowest BCUT2D eigenvalue weighted by Crippen LogP contribution is -2.51. The van der Waals surface area contributed by atoms with Gasteiger partial charge in [0.1, 0.15) is 11.9 Å². The molecule has 2 aromatic rings. The van der Waals surface area contributed by atoms with Gasteiger partial charge in [-0.15, -0.1) is 0 Å². The van der Waals surface area contributed by atoms with Crippen molar-refractivity contribution in [2.24, 2.45) is 0 Å². The van der Waals surface area contributed by atoms with Gasteiger partial charge in [-0.3, -0.25) is 15.0 Å². The summed E-state index contributed by atoms with van der Waals surface area (Å²) in [6.07, 6.45) is 6.05. The van der Waals surface area contributed by atoms with Crippen molar-refractivity contribution >= 4 is 23.6 Å². The first-order chi connectivity index (χ1) is 13.4. The summed E-state index contributed by atoms with van der Waals surface area (Å²) < 4.78 is 1.63. The number of fused-ring (bicyclic) bond motifs is 1. The molecule has 2 aliphatic rings. The number of imide groups is 1. The number of hydrogen-bond acceptors (Lipinski definition) is 6.